The van der Waals surface area contributed by atoms with Gasteiger partial charge in [0.2, 0.25) is 11.6 Å². The molecule has 0 atom stereocenters. The predicted octanol–water partition coefficient (Wildman–Crippen LogP) is 2.13. The van der Waals surface area contributed by atoms with E-state index in [9.17, 15) is 4.79 Å². The molecule has 0 aliphatic carbocycles. The molecule has 0 spiro atoms. The lowest BCUT2D eigenvalue weighted by molar-refractivity contribution is 0.0952. The van der Waals surface area contributed by atoms with Crippen molar-refractivity contribution in [3.05, 3.63) is 48.0 Å². The summed E-state index contributed by atoms with van der Waals surface area (Å²) in [4.78, 5) is 16.6. The fraction of sp³-hybridized carbons (Fsp3) is 0.263. The number of ether oxygens (including phenoxy) is 3. The van der Waals surface area contributed by atoms with Crippen molar-refractivity contribution < 1.29 is 23.4 Å². The number of carbonyl (C=O) groups excluding carboxylic acids is 1. The topological polar surface area (TPSA) is 109 Å². The van der Waals surface area contributed by atoms with Crippen LogP contribution in [0.25, 0.3) is 11.6 Å². The zero-order valence-corrected chi connectivity index (χ0v) is 15.8. The van der Waals surface area contributed by atoms with Crippen LogP contribution in [0.4, 0.5) is 0 Å². The molecule has 9 heteroatoms. The average molecular weight is 384 g/mol. The maximum Gasteiger partial charge on any atom is 0.266 e. The number of hydrogen-bond acceptors (Lipinski definition) is 8. The largest absolute Gasteiger partial charge is 0.493 e. The van der Waals surface area contributed by atoms with Gasteiger partial charge in [0.05, 0.1) is 21.3 Å². The molecule has 3 aromatic rings. The summed E-state index contributed by atoms with van der Waals surface area (Å²) in [7, 11) is 4.49. The lowest BCUT2D eigenvalue weighted by atomic mass is 10.1. The maximum atomic E-state index is 12.5. The van der Waals surface area contributed by atoms with Crippen LogP contribution in [0.3, 0.4) is 0 Å². The molecule has 1 amide bonds. The second-order valence-corrected chi connectivity index (χ2v) is 5.64. The Hall–Kier alpha value is -3.62. The quantitative estimate of drug-likeness (QED) is 0.629. The molecule has 2 aromatic heterocycles. The molecule has 3 rings (SSSR count). The normalized spacial score (nSPS) is 10.4. The Labute approximate surface area is 161 Å². The van der Waals surface area contributed by atoms with E-state index >= 15 is 0 Å². The Morgan fingerprint density at radius 1 is 1.07 bits per heavy atom. The monoisotopic (exact) mass is 384 g/mol. The summed E-state index contributed by atoms with van der Waals surface area (Å²) in [6, 6.07) is 8.60. The van der Waals surface area contributed by atoms with Crippen molar-refractivity contribution in [1.29, 1.82) is 0 Å². The number of benzene rings is 1. The molecule has 0 bridgehead atoms. The Balaban J connectivity index is 1.63. The number of nitrogens with one attached hydrogen (secondary N) is 1. The Morgan fingerprint density at radius 2 is 1.82 bits per heavy atom. The molecular formula is C19H20N4O5. The zero-order valence-electron chi connectivity index (χ0n) is 15.8. The van der Waals surface area contributed by atoms with E-state index in [0.29, 0.717) is 53.3 Å². The highest BCUT2D eigenvalue weighted by Gasteiger charge is 2.17. The Kier molecular flexibility index (Phi) is 6.05. The van der Waals surface area contributed by atoms with E-state index in [1.165, 1.54) is 21.3 Å². The molecule has 0 unspecified atom stereocenters. The van der Waals surface area contributed by atoms with E-state index in [-0.39, 0.29) is 5.91 Å². The van der Waals surface area contributed by atoms with Crippen LogP contribution in [0.2, 0.25) is 0 Å². The van der Waals surface area contributed by atoms with E-state index in [1.807, 2.05) is 6.07 Å². The Bertz CT molecular complexity index is 918. The van der Waals surface area contributed by atoms with Crippen LogP contribution < -0.4 is 19.5 Å². The number of carbonyl (C=O) groups is 1. The second kappa shape index (κ2) is 8.85. The summed E-state index contributed by atoms with van der Waals surface area (Å²) >= 11 is 0. The lowest BCUT2D eigenvalue weighted by Gasteiger charge is -2.14. The van der Waals surface area contributed by atoms with Gasteiger partial charge in [-0.2, -0.15) is 0 Å². The third-order valence-electron chi connectivity index (χ3n) is 3.90. The predicted molar refractivity (Wildman–Crippen MR) is 99.7 cm³/mol. The third-order valence-corrected chi connectivity index (χ3v) is 3.90. The number of rotatable bonds is 8. The number of methoxy groups -OCH3 is 3. The van der Waals surface area contributed by atoms with Gasteiger partial charge in [-0.25, -0.2) is 0 Å². The van der Waals surface area contributed by atoms with Crippen LogP contribution in [0.5, 0.6) is 17.2 Å². The van der Waals surface area contributed by atoms with Crippen molar-refractivity contribution in [2.45, 2.75) is 6.42 Å². The van der Waals surface area contributed by atoms with Crippen molar-refractivity contribution in [2.24, 2.45) is 0 Å². The molecule has 2 heterocycles. The van der Waals surface area contributed by atoms with E-state index < -0.39 is 0 Å². The molecule has 0 aliphatic heterocycles. The van der Waals surface area contributed by atoms with Gasteiger partial charge in [0.25, 0.3) is 11.8 Å². The van der Waals surface area contributed by atoms with Crippen molar-refractivity contribution in [1.82, 2.24) is 20.5 Å². The van der Waals surface area contributed by atoms with Crippen LogP contribution in [0, 0.1) is 0 Å². The van der Waals surface area contributed by atoms with Crippen LogP contribution >= 0.6 is 0 Å². The molecule has 28 heavy (non-hydrogen) atoms. The van der Waals surface area contributed by atoms with E-state index in [0.717, 1.165) is 0 Å². The molecule has 1 N–H and O–H groups in total. The van der Waals surface area contributed by atoms with Gasteiger partial charge in [-0.05, 0) is 24.3 Å². The SMILES string of the molecule is COc1cc(C(=O)NCCc2nnc(-c3ccccn3)o2)cc(OC)c1OC. The first kappa shape index (κ1) is 19.2. The standard InChI is InChI=1S/C19H20N4O5/c1-25-14-10-12(11-15(26-2)17(14)27-3)18(24)21-9-7-16-22-23-19(28-16)13-6-4-5-8-20-13/h4-6,8,10-11H,7,9H2,1-3H3,(H,21,24). The maximum absolute atomic E-state index is 12.5. The number of nitrogens with zero attached hydrogens (tertiary/aromatic N) is 3. The minimum Gasteiger partial charge on any atom is -0.493 e. The minimum atomic E-state index is -0.288. The zero-order chi connectivity index (χ0) is 19.9. The van der Waals surface area contributed by atoms with Gasteiger partial charge in [-0.1, -0.05) is 6.07 Å². The van der Waals surface area contributed by atoms with E-state index in [2.05, 4.69) is 20.5 Å². The minimum absolute atomic E-state index is 0.288. The van der Waals surface area contributed by atoms with Crippen molar-refractivity contribution in [3.63, 3.8) is 0 Å². The summed E-state index contributed by atoms with van der Waals surface area (Å²) in [5.74, 6) is 1.70. The van der Waals surface area contributed by atoms with Crippen molar-refractivity contribution >= 4 is 5.91 Å². The summed E-state index contributed by atoms with van der Waals surface area (Å²) in [5.41, 5.74) is 0.983. The smallest absolute Gasteiger partial charge is 0.266 e. The van der Waals surface area contributed by atoms with Crippen LogP contribution in [0.15, 0.2) is 40.9 Å². The average Bonchev–Trinajstić information content (AvgIpc) is 3.22. The molecular weight excluding hydrogens is 364 g/mol. The van der Waals surface area contributed by atoms with Crippen molar-refractivity contribution in [2.75, 3.05) is 27.9 Å². The van der Waals surface area contributed by atoms with Crippen LogP contribution in [-0.4, -0.2) is 49.0 Å². The summed E-state index contributed by atoms with van der Waals surface area (Å²) in [5, 5.41) is 10.7. The first-order valence-corrected chi connectivity index (χ1v) is 8.48. The van der Waals surface area contributed by atoms with Gasteiger partial charge in [0.15, 0.2) is 11.5 Å². The fourth-order valence-corrected chi connectivity index (χ4v) is 2.54. The summed E-state index contributed by atoms with van der Waals surface area (Å²) in [6.07, 6.45) is 2.03. The highest BCUT2D eigenvalue weighted by atomic mass is 16.5. The molecule has 0 saturated heterocycles. The summed E-state index contributed by atoms with van der Waals surface area (Å²) < 4.78 is 21.4. The van der Waals surface area contributed by atoms with Gasteiger partial charge in [0, 0.05) is 24.7 Å². The van der Waals surface area contributed by atoms with Gasteiger partial charge in [0.1, 0.15) is 5.69 Å². The number of hydrogen-bond donors (Lipinski definition) is 1. The lowest BCUT2D eigenvalue weighted by Crippen LogP contribution is -2.25. The first-order valence-electron chi connectivity index (χ1n) is 8.48. The number of amides is 1. The van der Waals surface area contributed by atoms with E-state index in [1.54, 1.807) is 30.5 Å². The van der Waals surface area contributed by atoms with Gasteiger partial charge in [-0.3, -0.25) is 9.78 Å². The molecule has 146 valence electrons. The highest BCUT2D eigenvalue weighted by Crippen LogP contribution is 2.38. The fourth-order valence-electron chi connectivity index (χ4n) is 2.54. The molecule has 1 aromatic carbocycles. The number of pyridine rings is 1. The molecule has 0 saturated carbocycles. The number of aromatic nitrogens is 3. The van der Waals surface area contributed by atoms with Gasteiger partial charge < -0.3 is 23.9 Å². The van der Waals surface area contributed by atoms with Gasteiger partial charge >= 0.3 is 0 Å². The second-order valence-electron chi connectivity index (χ2n) is 5.64. The molecule has 0 radical (unpaired) electrons. The summed E-state index contributed by atoms with van der Waals surface area (Å²) in [6.45, 7) is 0.319. The first-order chi connectivity index (χ1) is 13.7. The molecule has 0 fully saturated rings. The molecule has 9 nitrogen and oxygen atoms in total. The van der Waals surface area contributed by atoms with Crippen LogP contribution in [0.1, 0.15) is 16.2 Å². The molecule has 0 aliphatic rings. The van der Waals surface area contributed by atoms with Gasteiger partial charge in [-0.15, -0.1) is 10.2 Å². The van der Waals surface area contributed by atoms with E-state index in [4.69, 9.17) is 18.6 Å². The van der Waals surface area contributed by atoms with Crippen molar-refractivity contribution in [3.8, 4) is 28.8 Å². The van der Waals surface area contributed by atoms with Crippen LogP contribution in [-0.2, 0) is 6.42 Å². The Morgan fingerprint density at radius 3 is 2.43 bits per heavy atom. The highest BCUT2D eigenvalue weighted by molar-refractivity contribution is 5.95. The third kappa shape index (κ3) is 4.20.